The summed E-state index contributed by atoms with van der Waals surface area (Å²) in [6.45, 7) is 0. The maximum absolute atomic E-state index is 15.4. The number of aromatic nitrogens is 5. The van der Waals surface area contributed by atoms with Crippen LogP contribution in [0.2, 0.25) is 0 Å². The highest BCUT2D eigenvalue weighted by Gasteiger charge is 2.27. The lowest BCUT2D eigenvalue weighted by Crippen LogP contribution is -2.16. The van der Waals surface area contributed by atoms with Crippen molar-refractivity contribution < 1.29 is 30.7 Å². The van der Waals surface area contributed by atoms with E-state index in [-0.39, 0.29) is 5.52 Å². The van der Waals surface area contributed by atoms with Gasteiger partial charge in [-0.1, -0.05) is 6.07 Å². The van der Waals surface area contributed by atoms with Crippen molar-refractivity contribution >= 4 is 26.6 Å². The molecule has 3 aromatic heterocycles. The maximum atomic E-state index is 15.4. The Labute approximate surface area is 200 Å². The van der Waals surface area contributed by atoms with E-state index in [4.69, 9.17) is 4.74 Å². The van der Waals surface area contributed by atoms with Crippen LogP contribution in [0.4, 0.5) is 23.2 Å². The van der Waals surface area contributed by atoms with Gasteiger partial charge in [0.1, 0.15) is 22.8 Å². The highest BCUT2D eigenvalue weighted by molar-refractivity contribution is 7.92. The molecule has 3 N–H and O–H groups in total. The molecule has 0 bridgehead atoms. The van der Waals surface area contributed by atoms with Gasteiger partial charge in [-0.05, 0) is 18.2 Å². The van der Waals surface area contributed by atoms with Crippen LogP contribution in [0, 0.1) is 23.3 Å². The van der Waals surface area contributed by atoms with Crippen molar-refractivity contribution in [3.8, 4) is 28.5 Å². The Bertz CT molecular complexity index is 1720. The second kappa shape index (κ2) is 8.64. The Kier molecular flexibility index (Phi) is 5.59. The molecule has 5 rings (SSSR count). The lowest BCUT2D eigenvalue weighted by atomic mass is 10.0. The molecule has 0 aliphatic heterocycles. The van der Waals surface area contributed by atoms with Crippen molar-refractivity contribution in [2.75, 3.05) is 11.8 Å². The summed E-state index contributed by atoms with van der Waals surface area (Å²) in [4.78, 5) is 9.72. The first-order chi connectivity index (χ1) is 17.2. The number of H-pyrrole nitrogens is 2. The number of anilines is 1. The SMILES string of the molecule is COc1ncc(F)cc1S(=O)(=O)Nc1ccc(F)c(-c2ccc3c(-c4ncc[nH]4)[nH]nc3c2F)c1F. The largest absolute Gasteiger partial charge is 0.480 e. The smallest absolute Gasteiger partial charge is 0.267 e. The normalized spacial score (nSPS) is 11.7. The number of hydrogen-bond acceptors (Lipinski definition) is 6. The minimum atomic E-state index is -4.64. The Balaban J connectivity index is 1.60. The second-order valence-electron chi connectivity index (χ2n) is 7.41. The van der Waals surface area contributed by atoms with Gasteiger partial charge in [0.05, 0.1) is 24.6 Å². The zero-order valence-electron chi connectivity index (χ0n) is 18.1. The molecule has 0 radical (unpaired) electrons. The molecule has 0 fully saturated rings. The molecule has 0 aliphatic rings. The number of nitrogens with zero attached hydrogens (tertiary/aromatic N) is 3. The highest BCUT2D eigenvalue weighted by atomic mass is 32.2. The topological polar surface area (TPSA) is 126 Å². The van der Waals surface area contributed by atoms with E-state index in [0.717, 1.165) is 31.5 Å². The van der Waals surface area contributed by atoms with Crippen LogP contribution in [0.25, 0.3) is 33.5 Å². The number of halogens is 4. The van der Waals surface area contributed by atoms with Crippen LogP contribution in [0.1, 0.15) is 0 Å². The summed E-state index contributed by atoms with van der Waals surface area (Å²) < 4.78 is 91.6. The zero-order chi connectivity index (χ0) is 25.6. The Morgan fingerprint density at radius 3 is 2.56 bits per heavy atom. The maximum Gasteiger partial charge on any atom is 0.267 e. The van der Waals surface area contributed by atoms with E-state index in [1.54, 1.807) is 6.20 Å². The van der Waals surface area contributed by atoms with Crippen LogP contribution in [0.15, 0.2) is 53.8 Å². The average molecular weight is 518 g/mol. The van der Waals surface area contributed by atoms with Crippen molar-refractivity contribution in [2.45, 2.75) is 4.90 Å². The lowest BCUT2D eigenvalue weighted by Gasteiger charge is -2.14. The number of methoxy groups -OCH3 is 1. The van der Waals surface area contributed by atoms with Gasteiger partial charge in [0.25, 0.3) is 10.0 Å². The van der Waals surface area contributed by atoms with Crippen molar-refractivity contribution in [1.82, 2.24) is 25.1 Å². The molecule has 0 unspecified atom stereocenters. The quantitative estimate of drug-likeness (QED) is 0.287. The molecule has 9 nitrogen and oxygen atoms in total. The number of sulfonamides is 1. The van der Waals surface area contributed by atoms with E-state index in [1.807, 2.05) is 4.72 Å². The van der Waals surface area contributed by atoms with Crippen molar-refractivity contribution in [3.05, 3.63) is 72.2 Å². The summed E-state index contributed by atoms with van der Waals surface area (Å²) in [7, 11) is -3.53. The third kappa shape index (κ3) is 3.80. The Morgan fingerprint density at radius 1 is 1.03 bits per heavy atom. The van der Waals surface area contributed by atoms with Crippen LogP contribution in [0.3, 0.4) is 0 Å². The minimum absolute atomic E-state index is 0.209. The molecule has 14 heteroatoms. The number of rotatable bonds is 6. The summed E-state index contributed by atoms with van der Waals surface area (Å²) in [5, 5.41) is 6.83. The van der Waals surface area contributed by atoms with Gasteiger partial charge < -0.3 is 9.72 Å². The number of hydrogen-bond donors (Lipinski definition) is 3. The molecule has 0 aliphatic carbocycles. The van der Waals surface area contributed by atoms with E-state index in [1.165, 1.54) is 12.3 Å². The van der Waals surface area contributed by atoms with Gasteiger partial charge in [-0.3, -0.25) is 9.82 Å². The number of imidazole rings is 1. The third-order valence-corrected chi connectivity index (χ3v) is 6.63. The summed E-state index contributed by atoms with van der Waals surface area (Å²) in [5.74, 6) is -4.66. The minimum Gasteiger partial charge on any atom is -0.480 e. The third-order valence-electron chi connectivity index (χ3n) is 5.27. The molecule has 36 heavy (non-hydrogen) atoms. The second-order valence-corrected chi connectivity index (χ2v) is 9.06. The summed E-state index contributed by atoms with van der Waals surface area (Å²) in [6, 6.07) is 4.73. The molecule has 0 spiro atoms. The molecule has 0 amide bonds. The number of aromatic amines is 2. The van der Waals surface area contributed by atoms with Crippen LogP contribution in [-0.2, 0) is 10.0 Å². The summed E-state index contributed by atoms with van der Waals surface area (Å²) >= 11 is 0. The van der Waals surface area contributed by atoms with Crippen molar-refractivity contribution in [3.63, 3.8) is 0 Å². The molecular weight excluding hydrogens is 504 g/mol. The van der Waals surface area contributed by atoms with E-state index >= 15 is 8.78 Å². The van der Waals surface area contributed by atoms with Gasteiger partial charge in [0.2, 0.25) is 5.88 Å². The molecule has 3 heterocycles. The van der Waals surface area contributed by atoms with Gasteiger partial charge in [0.15, 0.2) is 22.4 Å². The molecule has 0 saturated heterocycles. The monoisotopic (exact) mass is 518 g/mol. The standard InChI is InChI=1S/C22H14F4N6O3S/c1-35-22-15(8-10(23)9-29-22)36(33,34)32-14-5-4-13(24)16(18(14)26)11-2-3-12-19(17(11)25)30-31-20(12)21-27-6-7-28-21/h2-9,32H,1H3,(H,27,28)(H,30,31). The fraction of sp³-hybridized carbons (Fsp3) is 0.0455. The molecule has 0 saturated carbocycles. The predicted molar refractivity (Wildman–Crippen MR) is 121 cm³/mol. The number of nitrogens with one attached hydrogen (secondary N) is 3. The zero-order valence-corrected chi connectivity index (χ0v) is 18.9. The number of benzene rings is 2. The average Bonchev–Trinajstić information content (AvgIpc) is 3.52. The molecule has 5 aromatic rings. The van der Waals surface area contributed by atoms with Gasteiger partial charge in [0, 0.05) is 29.4 Å². The summed E-state index contributed by atoms with van der Waals surface area (Å²) in [5.41, 5.74) is -1.89. The van der Waals surface area contributed by atoms with E-state index < -0.39 is 60.9 Å². The van der Waals surface area contributed by atoms with Gasteiger partial charge in [-0.25, -0.2) is 35.9 Å². The van der Waals surface area contributed by atoms with Crippen LogP contribution in [0.5, 0.6) is 5.88 Å². The number of pyridine rings is 1. The highest BCUT2D eigenvalue weighted by Crippen LogP contribution is 2.37. The van der Waals surface area contributed by atoms with Gasteiger partial charge >= 0.3 is 0 Å². The molecule has 0 atom stereocenters. The summed E-state index contributed by atoms with van der Waals surface area (Å²) in [6.07, 6.45) is 3.78. The molecule has 184 valence electrons. The first-order valence-electron chi connectivity index (χ1n) is 10.1. The fourth-order valence-electron chi connectivity index (χ4n) is 3.66. The first-order valence-corrected chi connectivity index (χ1v) is 11.6. The first kappa shape index (κ1) is 23.3. The van der Waals surface area contributed by atoms with E-state index in [9.17, 15) is 17.2 Å². The van der Waals surface area contributed by atoms with Crippen molar-refractivity contribution in [2.24, 2.45) is 0 Å². The predicted octanol–water partition coefficient (Wildman–Crippen LogP) is 4.38. The number of fused-ring (bicyclic) bond motifs is 1. The van der Waals surface area contributed by atoms with Gasteiger partial charge in [-0.15, -0.1) is 0 Å². The Hall–Kier alpha value is -4.46. The fourth-order valence-corrected chi connectivity index (χ4v) is 4.85. The van der Waals surface area contributed by atoms with Crippen LogP contribution < -0.4 is 9.46 Å². The van der Waals surface area contributed by atoms with E-state index in [2.05, 4.69) is 25.1 Å². The Morgan fingerprint density at radius 2 is 1.83 bits per heavy atom. The molecular formula is C22H14F4N6O3S. The molecule has 2 aromatic carbocycles. The van der Waals surface area contributed by atoms with Gasteiger partial charge in [-0.2, -0.15) is 5.10 Å². The van der Waals surface area contributed by atoms with Crippen LogP contribution >= 0.6 is 0 Å². The van der Waals surface area contributed by atoms with Crippen LogP contribution in [-0.4, -0.2) is 40.7 Å². The van der Waals surface area contributed by atoms with E-state index in [0.29, 0.717) is 23.0 Å². The lowest BCUT2D eigenvalue weighted by molar-refractivity contribution is 0.382. The number of ether oxygens (including phenoxy) is 1. The van der Waals surface area contributed by atoms with Crippen molar-refractivity contribution in [1.29, 1.82) is 0 Å².